The van der Waals surface area contributed by atoms with Crippen molar-refractivity contribution in [3.8, 4) is 11.5 Å². The van der Waals surface area contributed by atoms with Gasteiger partial charge in [-0.15, -0.1) is 0 Å². The Bertz CT molecular complexity index is 1600. The van der Waals surface area contributed by atoms with E-state index in [4.69, 9.17) is 9.47 Å². The largest absolute Gasteiger partial charge is 0.490 e. The SMILES string of the molecule is CCOc1cc(C=Nn2c(C)nc3ccc(Br)cc3c2=O)c(Br)c(Br)c1OCc1cccc([N+](=O)[O-])c1. The normalized spacial score (nSPS) is 11.3. The van der Waals surface area contributed by atoms with Gasteiger partial charge >= 0.3 is 0 Å². The van der Waals surface area contributed by atoms with Crippen LogP contribution in [0.3, 0.4) is 0 Å². The van der Waals surface area contributed by atoms with Crippen LogP contribution in [0.5, 0.6) is 11.5 Å². The fourth-order valence-electron chi connectivity index (χ4n) is 3.53. The fraction of sp³-hybridized carbons (Fsp3) is 0.160. The van der Waals surface area contributed by atoms with Gasteiger partial charge in [0.15, 0.2) is 11.5 Å². The molecule has 0 N–H and O–H groups in total. The molecule has 1 aromatic heterocycles. The zero-order chi connectivity index (χ0) is 26.7. The minimum absolute atomic E-state index is 0.0148. The van der Waals surface area contributed by atoms with Gasteiger partial charge in [0.25, 0.3) is 11.2 Å². The van der Waals surface area contributed by atoms with Crippen molar-refractivity contribution in [3.63, 3.8) is 0 Å². The topological polar surface area (TPSA) is 109 Å². The average Bonchev–Trinajstić information content (AvgIpc) is 2.87. The van der Waals surface area contributed by atoms with E-state index in [9.17, 15) is 14.9 Å². The van der Waals surface area contributed by atoms with Crippen LogP contribution in [0.4, 0.5) is 5.69 Å². The highest BCUT2D eigenvalue weighted by Gasteiger charge is 2.18. The van der Waals surface area contributed by atoms with Crippen LogP contribution in [0.1, 0.15) is 23.9 Å². The third-order valence-electron chi connectivity index (χ3n) is 5.24. The van der Waals surface area contributed by atoms with Crippen LogP contribution in [0.25, 0.3) is 10.9 Å². The predicted molar refractivity (Wildman–Crippen MR) is 152 cm³/mol. The lowest BCUT2D eigenvalue weighted by Gasteiger charge is -2.16. The molecule has 1 heterocycles. The number of hydrogen-bond donors (Lipinski definition) is 0. The van der Waals surface area contributed by atoms with Gasteiger partial charge in [0.2, 0.25) is 0 Å². The van der Waals surface area contributed by atoms with Crippen LogP contribution in [0.2, 0.25) is 0 Å². The van der Waals surface area contributed by atoms with Gasteiger partial charge in [-0.25, -0.2) is 4.98 Å². The van der Waals surface area contributed by atoms with E-state index in [1.54, 1.807) is 37.3 Å². The van der Waals surface area contributed by atoms with Crippen molar-refractivity contribution in [2.24, 2.45) is 5.10 Å². The third kappa shape index (κ3) is 5.91. The van der Waals surface area contributed by atoms with Crippen molar-refractivity contribution in [1.82, 2.24) is 9.66 Å². The first kappa shape index (κ1) is 27.0. The van der Waals surface area contributed by atoms with Gasteiger partial charge in [-0.1, -0.05) is 28.1 Å². The van der Waals surface area contributed by atoms with Gasteiger partial charge in [-0.2, -0.15) is 9.78 Å². The van der Waals surface area contributed by atoms with Gasteiger partial charge in [-0.3, -0.25) is 14.9 Å². The molecule has 0 saturated heterocycles. The molecule has 4 rings (SSSR count). The number of hydrogen-bond acceptors (Lipinski definition) is 7. The van der Waals surface area contributed by atoms with Crippen molar-refractivity contribution in [3.05, 3.63) is 99.4 Å². The Balaban J connectivity index is 1.69. The number of rotatable bonds is 8. The summed E-state index contributed by atoms with van der Waals surface area (Å²) >= 11 is 10.5. The first-order valence-corrected chi connectivity index (χ1v) is 13.3. The monoisotopic (exact) mass is 692 g/mol. The van der Waals surface area contributed by atoms with Crippen molar-refractivity contribution in [2.45, 2.75) is 20.5 Å². The van der Waals surface area contributed by atoms with Crippen LogP contribution in [-0.4, -0.2) is 27.4 Å². The number of ether oxygens (including phenoxy) is 2. The maximum Gasteiger partial charge on any atom is 0.282 e. The number of halogens is 3. The highest BCUT2D eigenvalue weighted by molar-refractivity contribution is 9.13. The Morgan fingerprint density at radius 1 is 1.11 bits per heavy atom. The Labute approximate surface area is 236 Å². The summed E-state index contributed by atoms with van der Waals surface area (Å²) in [6.45, 7) is 4.02. The smallest absolute Gasteiger partial charge is 0.282 e. The lowest BCUT2D eigenvalue weighted by molar-refractivity contribution is -0.384. The molecule has 0 aliphatic carbocycles. The summed E-state index contributed by atoms with van der Waals surface area (Å²) in [5.74, 6) is 1.30. The van der Waals surface area contributed by atoms with E-state index in [0.29, 0.717) is 54.9 Å². The number of aryl methyl sites for hydroxylation is 1. The summed E-state index contributed by atoms with van der Waals surface area (Å²) in [7, 11) is 0. The van der Waals surface area contributed by atoms with Gasteiger partial charge in [0.1, 0.15) is 12.4 Å². The summed E-state index contributed by atoms with van der Waals surface area (Å²) in [4.78, 5) is 28.2. The summed E-state index contributed by atoms with van der Waals surface area (Å²) in [5, 5.41) is 15.9. The fourth-order valence-corrected chi connectivity index (χ4v) is 4.82. The van der Waals surface area contributed by atoms with Gasteiger partial charge < -0.3 is 9.47 Å². The van der Waals surface area contributed by atoms with Gasteiger partial charge in [-0.05, 0) is 75.5 Å². The molecule has 0 saturated carbocycles. The molecule has 0 radical (unpaired) electrons. The summed E-state index contributed by atoms with van der Waals surface area (Å²) < 4.78 is 15.0. The summed E-state index contributed by atoms with van der Waals surface area (Å²) in [5.41, 5.74) is 1.54. The summed E-state index contributed by atoms with van der Waals surface area (Å²) in [6.07, 6.45) is 1.53. The number of nitro groups is 1. The van der Waals surface area contributed by atoms with Gasteiger partial charge in [0.05, 0.1) is 33.1 Å². The molecular formula is C25H19Br3N4O5. The van der Waals surface area contributed by atoms with E-state index in [1.807, 2.05) is 13.0 Å². The van der Waals surface area contributed by atoms with E-state index in [2.05, 4.69) is 57.9 Å². The number of benzene rings is 3. The predicted octanol–water partition coefficient (Wildman–Crippen LogP) is 6.76. The lowest BCUT2D eigenvalue weighted by Crippen LogP contribution is -2.20. The minimum atomic E-state index is -0.452. The Kier molecular flexibility index (Phi) is 8.40. The van der Waals surface area contributed by atoms with Crippen molar-refractivity contribution < 1.29 is 14.4 Å². The second-order valence-electron chi connectivity index (χ2n) is 7.75. The molecule has 37 heavy (non-hydrogen) atoms. The Morgan fingerprint density at radius 3 is 2.62 bits per heavy atom. The molecule has 0 amide bonds. The highest BCUT2D eigenvalue weighted by atomic mass is 79.9. The van der Waals surface area contributed by atoms with Crippen LogP contribution >= 0.6 is 47.8 Å². The number of fused-ring (bicyclic) bond motifs is 1. The molecule has 4 aromatic rings. The Morgan fingerprint density at radius 2 is 1.89 bits per heavy atom. The van der Waals surface area contributed by atoms with E-state index < -0.39 is 4.92 Å². The zero-order valence-electron chi connectivity index (χ0n) is 19.6. The van der Waals surface area contributed by atoms with Crippen LogP contribution in [0.15, 0.2) is 71.8 Å². The van der Waals surface area contributed by atoms with E-state index in [0.717, 1.165) is 4.47 Å². The molecule has 12 heteroatoms. The molecule has 0 bridgehead atoms. The van der Waals surface area contributed by atoms with Crippen molar-refractivity contribution >= 4 is 70.6 Å². The number of nitrogens with zero attached hydrogens (tertiary/aromatic N) is 4. The minimum Gasteiger partial charge on any atom is -0.490 e. The van der Waals surface area contributed by atoms with Crippen molar-refractivity contribution in [2.75, 3.05) is 6.61 Å². The average molecular weight is 695 g/mol. The maximum absolute atomic E-state index is 13.1. The second-order valence-corrected chi connectivity index (χ2v) is 10.3. The van der Waals surface area contributed by atoms with Crippen LogP contribution in [-0.2, 0) is 6.61 Å². The summed E-state index contributed by atoms with van der Waals surface area (Å²) in [6, 6.07) is 13.3. The number of aromatic nitrogens is 2. The molecular weight excluding hydrogens is 676 g/mol. The van der Waals surface area contributed by atoms with E-state index >= 15 is 0 Å². The molecule has 3 aromatic carbocycles. The first-order chi connectivity index (χ1) is 17.7. The molecule has 190 valence electrons. The molecule has 0 unspecified atom stereocenters. The molecule has 0 fully saturated rings. The zero-order valence-corrected chi connectivity index (χ0v) is 24.3. The molecule has 0 aliphatic heterocycles. The third-order valence-corrected chi connectivity index (χ3v) is 7.88. The Hall–Kier alpha value is -3.09. The molecule has 0 aliphatic rings. The number of non-ortho nitro benzene ring substituents is 1. The van der Waals surface area contributed by atoms with Crippen LogP contribution in [0, 0.1) is 17.0 Å². The quantitative estimate of drug-likeness (QED) is 0.115. The second kappa shape index (κ2) is 11.5. The van der Waals surface area contributed by atoms with Crippen molar-refractivity contribution in [1.29, 1.82) is 0 Å². The highest BCUT2D eigenvalue weighted by Crippen LogP contribution is 2.43. The van der Waals surface area contributed by atoms with E-state index in [-0.39, 0.29) is 17.9 Å². The molecule has 9 nitrogen and oxygen atoms in total. The maximum atomic E-state index is 13.1. The molecule has 0 atom stereocenters. The van der Waals surface area contributed by atoms with E-state index in [1.165, 1.54) is 23.0 Å². The standard InChI is InChI=1S/C25H19Br3N4O5/c1-3-36-21-10-16(12-29-31-14(2)30-20-8-7-17(26)11-19(20)25(31)33)22(27)23(28)24(21)37-13-15-5-4-6-18(9-15)32(34)35/h4-12H,3,13H2,1-2H3. The lowest BCUT2D eigenvalue weighted by atomic mass is 10.2. The van der Waals surface area contributed by atoms with Crippen LogP contribution < -0.4 is 15.0 Å². The first-order valence-electron chi connectivity index (χ1n) is 10.9. The molecule has 0 spiro atoms. The van der Waals surface area contributed by atoms with Gasteiger partial charge in [0, 0.05) is 26.6 Å². The number of nitro benzene ring substituents is 1.